The molecule has 0 spiro atoms. The number of piperidine rings is 1. The lowest BCUT2D eigenvalue weighted by atomic mass is 9.96. The van der Waals surface area contributed by atoms with Crippen LogP contribution < -0.4 is 4.90 Å². The smallest absolute Gasteiger partial charge is 0.251 e. The van der Waals surface area contributed by atoms with Crippen LogP contribution in [0.1, 0.15) is 30.2 Å². The van der Waals surface area contributed by atoms with E-state index in [1.54, 1.807) is 11.3 Å². The molecule has 2 aromatic carbocycles. The van der Waals surface area contributed by atoms with Gasteiger partial charge in [-0.15, -0.1) is 11.3 Å². The number of hydrogen-bond donors (Lipinski definition) is 0. The van der Waals surface area contributed by atoms with Crippen molar-refractivity contribution in [2.45, 2.75) is 31.2 Å². The number of likely N-dealkylation sites (tertiary alicyclic amines) is 1. The minimum absolute atomic E-state index is 0.0883. The van der Waals surface area contributed by atoms with Crippen molar-refractivity contribution in [1.29, 1.82) is 0 Å². The lowest BCUT2D eigenvalue weighted by molar-refractivity contribution is -0.123. The lowest BCUT2D eigenvalue weighted by Crippen LogP contribution is -2.45. The summed E-state index contributed by atoms with van der Waals surface area (Å²) in [6, 6.07) is 17.2. The Morgan fingerprint density at radius 1 is 0.929 bits per heavy atom. The molecule has 3 heterocycles. The van der Waals surface area contributed by atoms with Crippen LogP contribution in [-0.2, 0) is 9.59 Å². The molecule has 2 amide bonds. The number of benzene rings is 2. The second kappa shape index (κ2) is 7.11. The molecular weight excluding hydrogens is 370 g/mol. The van der Waals surface area contributed by atoms with E-state index in [1.165, 1.54) is 14.6 Å². The summed E-state index contributed by atoms with van der Waals surface area (Å²) in [5.74, 6) is 0.246. The molecule has 1 unspecified atom stereocenters. The second-order valence-corrected chi connectivity index (χ2v) is 8.52. The summed E-state index contributed by atoms with van der Waals surface area (Å²) < 4.78 is 1.23. The molecule has 1 aromatic heterocycles. The Morgan fingerprint density at radius 3 is 2.39 bits per heavy atom. The minimum atomic E-state index is -0.330. The summed E-state index contributed by atoms with van der Waals surface area (Å²) in [4.78, 5) is 33.8. The van der Waals surface area contributed by atoms with Gasteiger partial charge in [0.15, 0.2) is 0 Å². The van der Waals surface area contributed by atoms with E-state index >= 15 is 0 Å². The first-order valence-electron chi connectivity index (χ1n) is 9.72. The Balaban J connectivity index is 1.28. The van der Waals surface area contributed by atoms with Crippen molar-refractivity contribution in [3.05, 3.63) is 59.6 Å². The van der Waals surface area contributed by atoms with Crippen molar-refractivity contribution >= 4 is 39.1 Å². The number of aromatic nitrogens is 1. The molecule has 5 rings (SSSR count). The number of imide groups is 1. The molecule has 0 N–H and O–H groups in total. The van der Waals surface area contributed by atoms with E-state index < -0.39 is 0 Å². The van der Waals surface area contributed by atoms with Gasteiger partial charge in [-0.25, -0.2) is 9.88 Å². The molecule has 0 aliphatic carbocycles. The fraction of sp³-hybridized carbons (Fsp3) is 0.318. The summed E-state index contributed by atoms with van der Waals surface area (Å²) in [6.45, 7) is 1.65. The van der Waals surface area contributed by atoms with E-state index in [-0.39, 0.29) is 24.3 Å². The predicted octanol–water partition coefficient (Wildman–Crippen LogP) is 3.81. The largest absolute Gasteiger partial charge is 0.291 e. The first-order valence-corrected chi connectivity index (χ1v) is 10.5. The van der Waals surface area contributed by atoms with Crippen molar-refractivity contribution in [1.82, 2.24) is 9.88 Å². The fourth-order valence-corrected chi connectivity index (χ4v) is 5.41. The molecule has 2 aliphatic rings. The quantitative estimate of drug-likeness (QED) is 0.637. The number of carbonyl (C=O) groups is 2. The minimum Gasteiger partial charge on any atom is -0.291 e. The van der Waals surface area contributed by atoms with Gasteiger partial charge in [-0.05, 0) is 50.2 Å². The SMILES string of the molecule is O=C1CC(N2CCC(c3nc4ccccc4s3)CC2)C(=O)N1c1ccccc1. The Hall–Kier alpha value is -2.57. The van der Waals surface area contributed by atoms with Crippen molar-refractivity contribution in [3.63, 3.8) is 0 Å². The van der Waals surface area contributed by atoms with Gasteiger partial charge in [0.05, 0.1) is 33.4 Å². The molecule has 142 valence electrons. The number of anilines is 1. The van der Waals surface area contributed by atoms with Gasteiger partial charge in [-0.3, -0.25) is 14.5 Å². The number of para-hydroxylation sites is 2. The highest BCUT2D eigenvalue weighted by Gasteiger charge is 2.43. The number of amides is 2. The number of rotatable bonds is 3. The van der Waals surface area contributed by atoms with Crippen LogP contribution in [0.2, 0.25) is 0 Å². The van der Waals surface area contributed by atoms with Crippen LogP contribution in [0.25, 0.3) is 10.2 Å². The van der Waals surface area contributed by atoms with Crippen molar-refractivity contribution in [2.24, 2.45) is 0 Å². The van der Waals surface area contributed by atoms with Crippen LogP contribution in [0.5, 0.6) is 0 Å². The van der Waals surface area contributed by atoms with Gasteiger partial charge in [0.2, 0.25) is 5.91 Å². The zero-order valence-corrected chi connectivity index (χ0v) is 16.3. The molecule has 28 heavy (non-hydrogen) atoms. The normalized spacial score (nSPS) is 21.7. The summed E-state index contributed by atoms with van der Waals surface area (Å²) in [7, 11) is 0. The van der Waals surface area contributed by atoms with Gasteiger partial charge in [-0.1, -0.05) is 30.3 Å². The fourth-order valence-electron chi connectivity index (χ4n) is 4.27. The Bertz CT molecular complexity index is 991. The molecule has 0 saturated carbocycles. The van der Waals surface area contributed by atoms with Crippen LogP contribution in [0, 0.1) is 0 Å². The Morgan fingerprint density at radius 2 is 1.64 bits per heavy atom. The van der Waals surface area contributed by atoms with Gasteiger partial charge in [-0.2, -0.15) is 0 Å². The summed E-state index contributed by atoms with van der Waals surface area (Å²) in [5, 5.41) is 1.19. The average molecular weight is 391 g/mol. The maximum absolute atomic E-state index is 12.9. The van der Waals surface area contributed by atoms with Gasteiger partial charge < -0.3 is 0 Å². The second-order valence-electron chi connectivity index (χ2n) is 7.45. The van der Waals surface area contributed by atoms with Gasteiger partial charge in [0, 0.05) is 5.92 Å². The highest BCUT2D eigenvalue weighted by Crippen LogP contribution is 2.35. The summed E-state index contributed by atoms with van der Waals surface area (Å²) >= 11 is 1.78. The number of carbonyl (C=O) groups excluding carboxylic acids is 2. The number of hydrogen-bond acceptors (Lipinski definition) is 5. The molecule has 6 heteroatoms. The number of nitrogens with zero attached hydrogens (tertiary/aromatic N) is 3. The molecule has 2 fully saturated rings. The van der Waals surface area contributed by atoms with Crippen molar-refractivity contribution < 1.29 is 9.59 Å². The first kappa shape index (κ1) is 17.5. The van der Waals surface area contributed by atoms with Gasteiger partial charge in [0.1, 0.15) is 0 Å². The van der Waals surface area contributed by atoms with E-state index in [1.807, 2.05) is 42.5 Å². The lowest BCUT2D eigenvalue weighted by Gasteiger charge is -2.34. The Labute approximate surface area is 167 Å². The Kier molecular flexibility index (Phi) is 4.45. The molecular formula is C22H21N3O2S. The maximum atomic E-state index is 12.9. The van der Waals surface area contributed by atoms with Crippen LogP contribution in [0.3, 0.4) is 0 Å². The summed E-state index contributed by atoms with van der Waals surface area (Å²) in [6.07, 6.45) is 2.23. The van der Waals surface area contributed by atoms with E-state index in [9.17, 15) is 9.59 Å². The monoisotopic (exact) mass is 391 g/mol. The summed E-state index contributed by atoms with van der Waals surface area (Å²) in [5.41, 5.74) is 1.74. The van der Waals surface area contributed by atoms with Crippen LogP contribution in [-0.4, -0.2) is 40.8 Å². The van der Waals surface area contributed by atoms with Crippen LogP contribution >= 0.6 is 11.3 Å². The van der Waals surface area contributed by atoms with E-state index in [0.29, 0.717) is 11.6 Å². The third-order valence-electron chi connectivity index (χ3n) is 5.77. The van der Waals surface area contributed by atoms with Gasteiger partial charge >= 0.3 is 0 Å². The highest BCUT2D eigenvalue weighted by atomic mass is 32.1. The topological polar surface area (TPSA) is 53.5 Å². The standard InChI is InChI=1S/C22H21N3O2S/c26-20-14-18(22(27)25(20)16-6-2-1-3-7-16)24-12-10-15(11-13-24)21-23-17-8-4-5-9-19(17)28-21/h1-9,15,18H,10-14H2. The average Bonchev–Trinajstić information content (AvgIpc) is 3.29. The predicted molar refractivity (Wildman–Crippen MR) is 111 cm³/mol. The van der Waals surface area contributed by atoms with Gasteiger partial charge in [0.25, 0.3) is 5.91 Å². The first-order chi connectivity index (χ1) is 13.7. The van der Waals surface area contributed by atoms with Crippen molar-refractivity contribution in [2.75, 3.05) is 18.0 Å². The van der Waals surface area contributed by atoms with E-state index in [4.69, 9.17) is 4.98 Å². The molecule has 0 radical (unpaired) electrons. The molecule has 2 aliphatic heterocycles. The maximum Gasteiger partial charge on any atom is 0.251 e. The third-order valence-corrected chi connectivity index (χ3v) is 6.97. The van der Waals surface area contributed by atoms with Crippen molar-refractivity contribution in [3.8, 4) is 0 Å². The third kappa shape index (κ3) is 3.02. The van der Waals surface area contributed by atoms with Crippen LogP contribution in [0.15, 0.2) is 54.6 Å². The number of fused-ring (bicyclic) bond motifs is 1. The molecule has 2 saturated heterocycles. The zero-order chi connectivity index (χ0) is 19.1. The highest BCUT2D eigenvalue weighted by molar-refractivity contribution is 7.18. The van der Waals surface area contributed by atoms with Crippen LogP contribution in [0.4, 0.5) is 5.69 Å². The molecule has 5 nitrogen and oxygen atoms in total. The molecule has 1 atom stereocenters. The molecule has 0 bridgehead atoms. The number of thiazole rings is 1. The van der Waals surface area contributed by atoms with E-state index in [2.05, 4.69) is 17.0 Å². The molecule has 3 aromatic rings. The van der Waals surface area contributed by atoms with E-state index in [0.717, 1.165) is 31.4 Å². The zero-order valence-electron chi connectivity index (χ0n) is 15.5.